The molecule has 6 nitrogen and oxygen atoms in total. The highest BCUT2D eigenvalue weighted by atomic mass is 32.1. The predicted octanol–water partition coefficient (Wildman–Crippen LogP) is 3.16. The molecule has 22 heavy (non-hydrogen) atoms. The number of rotatable bonds is 4. The van der Waals surface area contributed by atoms with Gasteiger partial charge in [0.15, 0.2) is 17.3 Å². The van der Waals surface area contributed by atoms with E-state index >= 15 is 0 Å². The molecule has 1 aromatic carbocycles. The number of hydrazone groups is 1. The van der Waals surface area contributed by atoms with Crippen LogP contribution in [0.1, 0.15) is 11.1 Å². The van der Waals surface area contributed by atoms with Crippen molar-refractivity contribution in [2.45, 2.75) is 6.92 Å². The third-order valence-corrected chi connectivity index (χ3v) is 4.25. The van der Waals surface area contributed by atoms with E-state index in [0.717, 1.165) is 15.8 Å². The van der Waals surface area contributed by atoms with Crippen molar-refractivity contribution < 1.29 is 9.84 Å². The number of aromatic hydroxyl groups is 1. The first-order valence-corrected chi connectivity index (χ1v) is 7.42. The maximum absolute atomic E-state index is 9.99. The third kappa shape index (κ3) is 2.58. The first kappa shape index (κ1) is 14.3. The van der Waals surface area contributed by atoms with Gasteiger partial charge in [0, 0.05) is 5.56 Å². The van der Waals surface area contributed by atoms with Crippen LogP contribution in [-0.2, 0) is 0 Å². The topological polar surface area (TPSA) is 79.6 Å². The molecule has 7 heteroatoms. The lowest BCUT2D eigenvalue weighted by atomic mass is 10.2. The number of phenolic OH excluding ortho intramolecular Hbond substituents is 1. The summed E-state index contributed by atoms with van der Waals surface area (Å²) in [7, 11) is 1.50. The van der Waals surface area contributed by atoms with E-state index in [2.05, 4.69) is 20.5 Å². The van der Waals surface area contributed by atoms with E-state index in [-0.39, 0.29) is 5.75 Å². The van der Waals surface area contributed by atoms with Crippen LogP contribution in [0, 0.1) is 6.92 Å². The number of nitrogens with one attached hydrogen (secondary N) is 1. The zero-order valence-corrected chi connectivity index (χ0v) is 12.9. The number of benzene rings is 1. The Bertz CT molecular complexity index is 845. The summed E-state index contributed by atoms with van der Waals surface area (Å²) >= 11 is 1.57. The number of aryl methyl sites for hydroxylation is 1. The van der Waals surface area contributed by atoms with E-state index in [9.17, 15) is 5.11 Å². The zero-order valence-electron chi connectivity index (χ0n) is 12.1. The minimum absolute atomic E-state index is 0.0513. The van der Waals surface area contributed by atoms with Gasteiger partial charge in [0.25, 0.3) is 0 Å². The van der Waals surface area contributed by atoms with Gasteiger partial charge in [-0.25, -0.2) is 9.97 Å². The highest BCUT2D eigenvalue weighted by molar-refractivity contribution is 7.18. The number of ether oxygens (including phenoxy) is 1. The molecule has 0 atom stereocenters. The summed E-state index contributed by atoms with van der Waals surface area (Å²) in [6.45, 7) is 2.01. The van der Waals surface area contributed by atoms with E-state index in [1.807, 2.05) is 12.3 Å². The second-order valence-corrected chi connectivity index (χ2v) is 5.47. The van der Waals surface area contributed by atoms with Crippen molar-refractivity contribution in [2.24, 2.45) is 5.10 Å². The second kappa shape index (κ2) is 5.98. The molecule has 0 fully saturated rings. The van der Waals surface area contributed by atoms with Crippen LogP contribution in [-0.4, -0.2) is 28.4 Å². The van der Waals surface area contributed by atoms with Crippen molar-refractivity contribution >= 4 is 33.6 Å². The number of thiophene rings is 1. The standard InChI is InChI=1S/C15H14N4O2S/c1-9-7-22-14-12(9)16-8-17-15(14)19-18-6-10-4-3-5-11(21-2)13(10)20/h3-8,20H,1-2H3,(H,16,17,19). The van der Waals surface area contributed by atoms with Gasteiger partial charge in [0.1, 0.15) is 6.33 Å². The van der Waals surface area contributed by atoms with Crippen LogP contribution >= 0.6 is 11.3 Å². The fourth-order valence-corrected chi connectivity index (χ4v) is 2.96. The minimum atomic E-state index is 0.0513. The molecule has 0 aliphatic rings. The van der Waals surface area contributed by atoms with E-state index in [0.29, 0.717) is 17.1 Å². The van der Waals surface area contributed by atoms with Crippen molar-refractivity contribution in [1.29, 1.82) is 0 Å². The van der Waals surface area contributed by atoms with Gasteiger partial charge >= 0.3 is 0 Å². The van der Waals surface area contributed by atoms with E-state index in [1.54, 1.807) is 29.5 Å². The lowest BCUT2D eigenvalue weighted by molar-refractivity contribution is 0.373. The van der Waals surface area contributed by atoms with Crippen molar-refractivity contribution in [2.75, 3.05) is 12.5 Å². The molecule has 3 aromatic rings. The van der Waals surface area contributed by atoms with Gasteiger partial charge in [-0.05, 0) is 30.0 Å². The first-order valence-electron chi connectivity index (χ1n) is 6.54. The highest BCUT2D eigenvalue weighted by Crippen LogP contribution is 2.29. The lowest BCUT2D eigenvalue weighted by Gasteiger charge is -2.05. The summed E-state index contributed by atoms with van der Waals surface area (Å²) in [6, 6.07) is 5.21. The number of aromatic nitrogens is 2. The quantitative estimate of drug-likeness (QED) is 0.571. The largest absolute Gasteiger partial charge is 0.504 e. The maximum atomic E-state index is 9.99. The van der Waals surface area contributed by atoms with Crippen LogP contribution < -0.4 is 10.2 Å². The van der Waals surface area contributed by atoms with Crippen LogP contribution in [0.2, 0.25) is 0 Å². The summed E-state index contributed by atoms with van der Waals surface area (Å²) in [5.74, 6) is 1.10. The Kier molecular flexibility index (Phi) is 3.88. The van der Waals surface area contributed by atoms with Crippen LogP contribution in [0.4, 0.5) is 5.82 Å². The Morgan fingerprint density at radius 2 is 2.23 bits per heavy atom. The van der Waals surface area contributed by atoms with Crippen molar-refractivity contribution in [3.63, 3.8) is 0 Å². The molecule has 0 radical (unpaired) electrons. The molecule has 2 aromatic heterocycles. The van der Waals surface area contributed by atoms with Crippen LogP contribution in [0.25, 0.3) is 10.2 Å². The Balaban J connectivity index is 1.85. The Morgan fingerprint density at radius 3 is 3.05 bits per heavy atom. The molecule has 0 unspecified atom stereocenters. The second-order valence-electron chi connectivity index (χ2n) is 4.59. The fourth-order valence-electron chi connectivity index (χ4n) is 2.02. The fraction of sp³-hybridized carbons (Fsp3) is 0.133. The predicted molar refractivity (Wildman–Crippen MR) is 88.0 cm³/mol. The number of methoxy groups -OCH3 is 1. The molecule has 0 saturated heterocycles. The summed E-state index contributed by atoms with van der Waals surface area (Å²) in [5.41, 5.74) is 5.48. The molecule has 0 aliphatic heterocycles. The molecular weight excluding hydrogens is 300 g/mol. The Hall–Kier alpha value is -2.67. The van der Waals surface area contributed by atoms with Crippen molar-refractivity contribution in [1.82, 2.24) is 9.97 Å². The normalized spacial score (nSPS) is 11.2. The average Bonchev–Trinajstić information content (AvgIpc) is 2.91. The number of hydrogen-bond acceptors (Lipinski definition) is 7. The average molecular weight is 314 g/mol. The van der Waals surface area contributed by atoms with Gasteiger partial charge in [-0.1, -0.05) is 6.07 Å². The summed E-state index contributed by atoms with van der Waals surface area (Å²) in [4.78, 5) is 8.45. The minimum Gasteiger partial charge on any atom is -0.504 e. The number of anilines is 1. The SMILES string of the molecule is COc1cccc(C=NNc2ncnc3c(C)csc23)c1O. The molecular formula is C15H14N4O2S. The molecule has 2 N–H and O–H groups in total. The lowest BCUT2D eigenvalue weighted by Crippen LogP contribution is -1.95. The molecule has 2 heterocycles. The summed E-state index contributed by atoms with van der Waals surface area (Å²) in [6.07, 6.45) is 3.02. The number of phenols is 1. The third-order valence-electron chi connectivity index (χ3n) is 3.16. The Labute approximate surface area is 131 Å². The van der Waals surface area contributed by atoms with Crippen LogP contribution in [0.5, 0.6) is 11.5 Å². The van der Waals surface area contributed by atoms with E-state index in [1.165, 1.54) is 19.7 Å². The van der Waals surface area contributed by atoms with Gasteiger partial charge < -0.3 is 9.84 Å². The smallest absolute Gasteiger partial charge is 0.167 e. The van der Waals surface area contributed by atoms with Gasteiger partial charge in [-0.3, -0.25) is 5.43 Å². The van der Waals surface area contributed by atoms with Gasteiger partial charge in [-0.2, -0.15) is 5.10 Å². The molecule has 112 valence electrons. The maximum Gasteiger partial charge on any atom is 0.167 e. The summed E-state index contributed by atoms with van der Waals surface area (Å²) < 4.78 is 6.01. The summed E-state index contributed by atoms with van der Waals surface area (Å²) in [5, 5.41) is 16.2. The monoisotopic (exact) mass is 314 g/mol. The molecule has 0 amide bonds. The molecule has 0 spiro atoms. The van der Waals surface area contributed by atoms with Gasteiger partial charge in [0.05, 0.1) is 23.5 Å². The zero-order chi connectivity index (χ0) is 15.5. The molecule has 0 aliphatic carbocycles. The van der Waals surface area contributed by atoms with E-state index < -0.39 is 0 Å². The van der Waals surface area contributed by atoms with Gasteiger partial charge in [-0.15, -0.1) is 11.3 Å². The van der Waals surface area contributed by atoms with E-state index in [4.69, 9.17) is 4.74 Å². The van der Waals surface area contributed by atoms with Crippen molar-refractivity contribution in [3.8, 4) is 11.5 Å². The number of hydrogen-bond donors (Lipinski definition) is 2. The first-order chi connectivity index (χ1) is 10.7. The van der Waals surface area contributed by atoms with Crippen LogP contribution in [0.3, 0.4) is 0 Å². The molecule has 3 rings (SSSR count). The molecule has 0 saturated carbocycles. The highest BCUT2D eigenvalue weighted by Gasteiger charge is 2.08. The molecule has 0 bridgehead atoms. The Morgan fingerprint density at radius 1 is 1.36 bits per heavy atom. The van der Waals surface area contributed by atoms with Gasteiger partial charge in [0.2, 0.25) is 0 Å². The number of fused-ring (bicyclic) bond motifs is 1. The number of para-hydroxylation sites is 1. The number of nitrogens with zero attached hydrogens (tertiary/aromatic N) is 3. The van der Waals surface area contributed by atoms with Crippen molar-refractivity contribution in [3.05, 3.63) is 41.0 Å². The van der Waals surface area contributed by atoms with Crippen LogP contribution in [0.15, 0.2) is 35.0 Å².